The number of amides is 1. The van der Waals surface area contributed by atoms with Gasteiger partial charge in [-0.2, -0.15) is 5.10 Å². The molecule has 0 radical (unpaired) electrons. The van der Waals surface area contributed by atoms with Crippen LogP contribution in [0, 0.1) is 6.92 Å². The normalized spacial score (nSPS) is 17.4. The number of rotatable bonds is 3. The summed E-state index contributed by atoms with van der Waals surface area (Å²) in [6.07, 6.45) is 2.52. The van der Waals surface area contributed by atoms with Crippen molar-refractivity contribution < 1.29 is 14.6 Å². The van der Waals surface area contributed by atoms with Crippen LogP contribution in [-0.2, 0) is 4.74 Å². The number of piperazine rings is 1. The van der Waals surface area contributed by atoms with E-state index in [4.69, 9.17) is 9.84 Å². The standard InChI is InChI=1S/C21H25N7O3/c1-15-10-16-13-24-28(18(16)11-17(15)25-6-8-31-9-7-25)20-12-19(22-14-23-20)26-2-4-27(5-3-26)21(29)30/h10-14H,2-9H2,1H3,(H,29,30). The summed E-state index contributed by atoms with van der Waals surface area (Å²) in [5.74, 6) is 1.47. The number of nitrogens with zero attached hydrogens (tertiary/aromatic N) is 7. The minimum Gasteiger partial charge on any atom is -0.465 e. The van der Waals surface area contributed by atoms with Crippen LogP contribution in [0.15, 0.2) is 30.7 Å². The van der Waals surface area contributed by atoms with Crippen molar-refractivity contribution in [3.05, 3.63) is 36.3 Å². The second-order valence-corrected chi connectivity index (χ2v) is 7.84. The van der Waals surface area contributed by atoms with Gasteiger partial charge in [0.05, 0.1) is 24.9 Å². The van der Waals surface area contributed by atoms with Gasteiger partial charge in [-0.25, -0.2) is 19.4 Å². The van der Waals surface area contributed by atoms with Gasteiger partial charge in [0.15, 0.2) is 5.82 Å². The average Bonchev–Trinajstić information content (AvgIpc) is 3.22. The minimum atomic E-state index is -0.877. The first kappa shape index (κ1) is 19.6. The number of ether oxygens (including phenoxy) is 1. The number of carbonyl (C=O) groups is 1. The maximum atomic E-state index is 11.2. The van der Waals surface area contributed by atoms with Crippen LogP contribution in [0.1, 0.15) is 5.56 Å². The zero-order valence-electron chi connectivity index (χ0n) is 17.4. The second kappa shape index (κ2) is 8.03. The Labute approximate surface area is 179 Å². The molecule has 0 aliphatic carbocycles. The summed E-state index contributed by atoms with van der Waals surface area (Å²) in [4.78, 5) is 25.9. The van der Waals surface area contributed by atoms with E-state index >= 15 is 0 Å². The molecule has 1 amide bonds. The quantitative estimate of drug-likeness (QED) is 0.680. The molecule has 162 valence electrons. The predicted octanol–water partition coefficient (Wildman–Crippen LogP) is 1.76. The Kier molecular flexibility index (Phi) is 5.06. The van der Waals surface area contributed by atoms with Gasteiger partial charge < -0.3 is 24.5 Å². The minimum absolute atomic E-state index is 0.460. The number of aromatic nitrogens is 4. The Balaban J connectivity index is 1.45. The van der Waals surface area contributed by atoms with Gasteiger partial charge in [0.25, 0.3) is 0 Å². The molecule has 2 saturated heterocycles. The third kappa shape index (κ3) is 3.74. The topological polar surface area (TPSA) is 99.9 Å². The van der Waals surface area contributed by atoms with Crippen LogP contribution in [0.4, 0.5) is 16.3 Å². The van der Waals surface area contributed by atoms with Gasteiger partial charge in [0.1, 0.15) is 12.1 Å². The number of hydrogen-bond donors (Lipinski definition) is 1. The third-order valence-electron chi connectivity index (χ3n) is 5.97. The molecule has 2 aromatic heterocycles. The summed E-state index contributed by atoms with van der Waals surface area (Å²) in [5.41, 5.74) is 3.40. The molecule has 2 fully saturated rings. The molecular formula is C21H25N7O3. The van der Waals surface area contributed by atoms with Crippen molar-refractivity contribution in [2.75, 3.05) is 62.3 Å². The van der Waals surface area contributed by atoms with Crippen molar-refractivity contribution in [2.45, 2.75) is 6.92 Å². The van der Waals surface area contributed by atoms with Gasteiger partial charge in [-0.15, -0.1) is 0 Å². The molecular weight excluding hydrogens is 398 g/mol. The number of anilines is 2. The molecule has 3 aromatic rings. The van der Waals surface area contributed by atoms with Crippen molar-refractivity contribution >= 4 is 28.5 Å². The molecule has 10 nitrogen and oxygen atoms in total. The molecule has 2 aliphatic rings. The molecule has 31 heavy (non-hydrogen) atoms. The van der Waals surface area contributed by atoms with E-state index in [-0.39, 0.29) is 0 Å². The fraction of sp³-hybridized carbons (Fsp3) is 0.429. The first-order valence-electron chi connectivity index (χ1n) is 10.5. The van der Waals surface area contributed by atoms with Gasteiger partial charge in [0.2, 0.25) is 0 Å². The molecule has 0 atom stereocenters. The zero-order valence-corrected chi connectivity index (χ0v) is 17.4. The van der Waals surface area contributed by atoms with Gasteiger partial charge in [-0.3, -0.25) is 0 Å². The highest BCUT2D eigenvalue weighted by atomic mass is 16.5. The largest absolute Gasteiger partial charge is 0.465 e. The van der Waals surface area contributed by atoms with Crippen molar-refractivity contribution in [1.82, 2.24) is 24.6 Å². The molecule has 0 saturated carbocycles. The highest BCUT2D eigenvalue weighted by Crippen LogP contribution is 2.29. The molecule has 0 bridgehead atoms. The SMILES string of the molecule is Cc1cc2cnn(-c3cc(N4CCN(C(=O)O)CC4)ncn3)c2cc1N1CCOCC1. The van der Waals surface area contributed by atoms with Gasteiger partial charge in [-0.1, -0.05) is 0 Å². The lowest BCUT2D eigenvalue weighted by Gasteiger charge is -2.33. The van der Waals surface area contributed by atoms with Gasteiger partial charge in [-0.05, 0) is 24.6 Å². The fourth-order valence-corrected chi connectivity index (χ4v) is 4.26. The lowest BCUT2D eigenvalue weighted by Crippen LogP contribution is -2.48. The number of carboxylic acid groups (broad SMARTS) is 1. The van der Waals surface area contributed by atoms with Crippen LogP contribution in [0.5, 0.6) is 0 Å². The van der Waals surface area contributed by atoms with E-state index in [9.17, 15) is 4.79 Å². The van der Waals surface area contributed by atoms with E-state index in [0.29, 0.717) is 32.0 Å². The van der Waals surface area contributed by atoms with Gasteiger partial charge >= 0.3 is 6.09 Å². The Morgan fingerprint density at radius 2 is 1.71 bits per heavy atom. The van der Waals surface area contributed by atoms with E-state index in [1.54, 1.807) is 6.33 Å². The summed E-state index contributed by atoms with van der Waals surface area (Å²) in [7, 11) is 0. The first-order valence-corrected chi connectivity index (χ1v) is 10.5. The molecule has 5 rings (SSSR count). The molecule has 4 heterocycles. The number of aryl methyl sites for hydroxylation is 1. The van der Waals surface area contributed by atoms with Gasteiger partial charge in [0, 0.05) is 56.4 Å². The maximum absolute atomic E-state index is 11.2. The van der Waals surface area contributed by atoms with E-state index in [2.05, 4.69) is 43.9 Å². The molecule has 0 unspecified atom stereocenters. The van der Waals surface area contributed by atoms with E-state index in [1.165, 1.54) is 16.2 Å². The number of morpholine rings is 1. The molecule has 10 heteroatoms. The van der Waals surface area contributed by atoms with E-state index < -0.39 is 6.09 Å². The molecule has 1 N–H and O–H groups in total. The second-order valence-electron chi connectivity index (χ2n) is 7.84. The Hall–Kier alpha value is -3.40. The lowest BCUT2D eigenvalue weighted by molar-refractivity contribution is 0.122. The van der Waals surface area contributed by atoms with Crippen molar-refractivity contribution in [1.29, 1.82) is 0 Å². The number of fused-ring (bicyclic) bond motifs is 1. The maximum Gasteiger partial charge on any atom is 0.407 e. The smallest absolute Gasteiger partial charge is 0.407 e. The van der Waals surface area contributed by atoms with Crippen LogP contribution in [0.2, 0.25) is 0 Å². The summed E-state index contributed by atoms with van der Waals surface area (Å²) >= 11 is 0. The Morgan fingerprint density at radius 1 is 0.968 bits per heavy atom. The van der Waals surface area contributed by atoms with Crippen molar-refractivity contribution in [3.63, 3.8) is 0 Å². The third-order valence-corrected chi connectivity index (χ3v) is 5.97. The van der Waals surface area contributed by atoms with Crippen molar-refractivity contribution in [3.8, 4) is 5.82 Å². The van der Waals surface area contributed by atoms with Crippen LogP contribution in [0.25, 0.3) is 16.7 Å². The summed E-state index contributed by atoms with van der Waals surface area (Å²) in [6.45, 7) is 7.47. The van der Waals surface area contributed by atoms with E-state index in [0.717, 1.165) is 43.0 Å². The van der Waals surface area contributed by atoms with Crippen LogP contribution < -0.4 is 9.80 Å². The highest BCUT2D eigenvalue weighted by Gasteiger charge is 2.22. The zero-order chi connectivity index (χ0) is 21.4. The van der Waals surface area contributed by atoms with Crippen molar-refractivity contribution in [2.24, 2.45) is 0 Å². The molecule has 1 aromatic carbocycles. The monoisotopic (exact) mass is 423 g/mol. The van der Waals surface area contributed by atoms with E-state index in [1.807, 2.05) is 16.9 Å². The Bertz CT molecular complexity index is 1100. The van der Waals surface area contributed by atoms with Crippen LogP contribution in [-0.4, -0.2) is 88.3 Å². The fourth-order valence-electron chi connectivity index (χ4n) is 4.26. The number of benzene rings is 1. The predicted molar refractivity (Wildman–Crippen MR) is 116 cm³/mol. The Morgan fingerprint density at radius 3 is 2.45 bits per heavy atom. The highest BCUT2D eigenvalue weighted by molar-refractivity contribution is 5.85. The lowest BCUT2D eigenvalue weighted by atomic mass is 10.1. The van der Waals surface area contributed by atoms with Crippen LogP contribution in [0.3, 0.4) is 0 Å². The van der Waals surface area contributed by atoms with Crippen LogP contribution >= 0.6 is 0 Å². The molecule has 2 aliphatic heterocycles. The summed E-state index contributed by atoms with van der Waals surface area (Å²) in [6, 6.07) is 6.25. The average molecular weight is 423 g/mol. The molecule has 0 spiro atoms. The number of hydrogen-bond acceptors (Lipinski definition) is 7. The summed E-state index contributed by atoms with van der Waals surface area (Å²) in [5, 5.41) is 14.8. The summed E-state index contributed by atoms with van der Waals surface area (Å²) < 4.78 is 7.35. The first-order chi connectivity index (χ1) is 15.1.